The van der Waals surface area contributed by atoms with Crippen molar-refractivity contribution in [3.05, 3.63) is 35.4 Å². The first-order chi connectivity index (χ1) is 6.88. The second-order valence-electron chi connectivity index (χ2n) is 3.63. The molecule has 0 aliphatic heterocycles. The molecule has 3 nitrogen and oxygen atoms in total. The predicted octanol–water partition coefficient (Wildman–Crippen LogP) is 1.48. The fraction of sp³-hybridized carbons (Fsp3) is 0.364. The molecule has 0 N–H and O–H groups in total. The number of carbonyl (C=O) groups is 1. The van der Waals surface area contributed by atoms with E-state index in [4.69, 9.17) is 0 Å². The van der Waals surface area contributed by atoms with E-state index in [9.17, 15) is 13.2 Å². The second kappa shape index (κ2) is 4.57. The van der Waals surface area contributed by atoms with Crippen molar-refractivity contribution >= 4 is 15.6 Å². The first-order valence-electron chi connectivity index (χ1n) is 4.66. The van der Waals surface area contributed by atoms with Crippen molar-refractivity contribution in [3.8, 4) is 0 Å². The Balaban J connectivity index is 2.69. The molecule has 0 aliphatic carbocycles. The molecule has 0 unspecified atom stereocenters. The first kappa shape index (κ1) is 11.9. The van der Waals surface area contributed by atoms with Gasteiger partial charge in [0.2, 0.25) is 0 Å². The van der Waals surface area contributed by atoms with E-state index < -0.39 is 9.84 Å². The summed E-state index contributed by atoms with van der Waals surface area (Å²) in [6.45, 7) is 1.51. The molecular formula is C11H14O3S. The van der Waals surface area contributed by atoms with Crippen LogP contribution in [-0.2, 0) is 16.3 Å². The van der Waals surface area contributed by atoms with Crippen molar-refractivity contribution in [2.45, 2.75) is 13.3 Å². The van der Waals surface area contributed by atoms with E-state index in [1.54, 1.807) is 24.3 Å². The fourth-order valence-corrected chi connectivity index (χ4v) is 1.82. The smallest absolute Gasteiger partial charge is 0.159 e. The van der Waals surface area contributed by atoms with E-state index in [0.29, 0.717) is 12.0 Å². The van der Waals surface area contributed by atoms with E-state index in [0.717, 1.165) is 5.56 Å². The number of Topliss-reactive ketones (excluding diaryl/α,β-unsaturated/α-hetero) is 1. The predicted molar refractivity (Wildman–Crippen MR) is 59.9 cm³/mol. The average molecular weight is 226 g/mol. The average Bonchev–Trinajstić information content (AvgIpc) is 2.14. The number of sulfone groups is 1. The van der Waals surface area contributed by atoms with Crippen LogP contribution in [0, 0.1) is 0 Å². The number of rotatable bonds is 4. The summed E-state index contributed by atoms with van der Waals surface area (Å²) in [5.41, 5.74) is 1.59. The lowest BCUT2D eigenvalue weighted by atomic mass is 10.1. The summed E-state index contributed by atoms with van der Waals surface area (Å²) in [7, 11) is -2.92. The third-order valence-electron chi connectivity index (χ3n) is 2.12. The molecular weight excluding hydrogens is 212 g/mol. The van der Waals surface area contributed by atoms with Gasteiger partial charge in [-0.2, -0.15) is 0 Å². The molecule has 4 heteroatoms. The Morgan fingerprint density at radius 1 is 1.20 bits per heavy atom. The van der Waals surface area contributed by atoms with Crippen molar-refractivity contribution in [1.29, 1.82) is 0 Å². The van der Waals surface area contributed by atoms with Crippen LogP contribution in [0.1, 0.15) is 22.8 Å². The number of hydrogen-bond acceptors (Lipinski definition) is 3. The number of hydrogen-bond donors (Lipinski definition) is 0. The zero-order valence-corrected chi connectivity index (χ0v) is 9.67. The third-order valence-corrected chi connectivity index (χ3v) is 3.07. The normalized spacial score (nSPS) is 11.3. The Hall–Kier alpha value is -1.16. The molecule has 82 valence electrons. The molecule has 0 aromatic heterocycles. The van der Waals surface area contributed by atoms with Crippen LogP contribution in [0.25, 0.3) is 0 Å². The van der Waals surface area contributed by atoms with Gasteiger partial charge in [-0.1, -0.05) is 24.3 Å². The SMILES string of the molecule is CC(=O)c1ccc(CCS(C)(=O)=O)cc1. The molecule has 0 fully saturated rings. The van der Waals surface area contributed by atoms with Crippen LogP contribution in [0.4, 0.5) is 0 Å². The van der Waals surface area contributed by atoms with E-state index in [-0.39, 0.29) is 11.5 Å². The topological polar surface area (TPSA) is 51.2 Å². The number of benzene rings is 1. The van der Waals surface area contributed by atoms with E-state index >= 15 is 0 Å². The van der Waals surface area contributed by atoms with Gasteiger partial charge in [-0.25, -0.2) is 8.42 Å². The maximum Gasteiger partial charge on any atom is 0.159 e. The van der Waals surface area contributed by atoms with Gasteiger partial charge >= 0.3 is 0 Å². The van der Waals surface area contributed by atoms with Crippen molar-refractivity contribution in [1.82, 2.24) is 0 Å². The molecule has 0 heterocycles. The highest BCUT2D eigenvalue weighted by atomic mass is 32.2. The fourth-order valence-electron chi connectivity index (χ4n) is 1.21. The standard InChI is InChI=1S/C11H14O3S/c1-9(12)11-5-3-10(4-6-11)7-8-15(2,13)14/h3-6H,7-8H2,1-2H3. The van der Waals surface area contributed by atoms with Crippen LogP contribution in [0.2, 0.25) is 0 Å². The minimum Gasteiger partial charge on any atom is -0.295 e. The largest absolute Gasteiger partial charge is 0.295 e. The number of aryl methyl sites for hydroxylation is 1. The molecule has 0 saturated heterocycles. The lowest BCUT2D eigenvalue weighted by Gasteiger charge is -2.01. The molecule has 0 atom stereocenters. The molecule has 0 saturated carbocycles. The quantitative estimate of drug-likeness (QED) is 0.731. The summed E-state index contributed by atoms with van der Waals surface area (Å²) in [6, 6.07) is 7.03. The van der Waals surface area contributed by atoms with Gasteiger partial charge in [-0.15, -0.1) is 0 Å². The molecule has 1 aromatic rings. The summed E-state index contributed by atoms with van der Waals surface area (Å²) in [4.78, 5) is 11.0. The van der Waals surface area contributed by atoms with Gasteiger partial charge in [-0.05, 0) is 18.9 Å². The Bertz CT molecular complexity index is 443. The molecule has 0 aliphatic rings. The van der Waals surface area contributed by atoms with Crippen molar-refractivity contribution in [3.63, 3.8) is 0 Å². The van der Waals surface area contributed by atoms with Gasteiger partial charge in [0, 0.05) is 11.8 Å². The van der Waals surface area contributed by atoms with E-state index in [2.05, 4.69) is 0 Å². The Morgan fingerprint density at radius 3 is 2.13 bits per heavy atom. The van der Waals surface area contributed by atoms with Crippen LogP contribution in [0.3, 0.4) is 0 Å². The van der Waals surface area contributed by atoms with Crippen LogP contribution >= 0.6 is 0 Å². The van der Waals surface area contributed by atoms with Gasteiger partial charge in [0.25, 0.3) is 0 Å². The second-order valence-corrected chi connectivity index (χ2v) is 5.89. The summed E-state index contributed by atoms with van der Waals surface area (Å²) >= 11 is 0. The number of carbonyl (C=O) groups excluding carboxylic acids is 1. The third kappa shape index (κ3) is 4.25. The maximum absolute atomic E-state index is 11.0. The molecule has 15 heavy (non-hydrogen) atoms. The van der Waals surface area contributed by atoms with E-state index in [1.807, 2.05) is 0 Å². The van der Waals surface area contributed by atoms with Gasteiger partial charge in [0.05, 0.1) is 5.75 Å². The van der Waals surface area contributed by atoms with Crippen LogP contribution in [-0.4, -0.2) is 26.2 Å². The van der Waals surface area contributed by atoms with E-state index in [1.165, 1.54) is 13.2 Å². The van der Waals surface area contributed by atoms with Gasteiger partial charge in [0.15, 0.2) is 5.78 Å². The highest BCUT2D eigenvalue weighted by molar-refractivity contribution is 7.90. The van der Waals surface area contributed by atoms with Gasteiger partial charge in [-0.3, -0.25) is 4.79 Å². The number of ketones is 1. The highest BCUT2D eigenvalue weighted by Crippen LogP contribution is 2.06. The van der Waals surface area contributed by atoms with Gasteiger partial charge < -0.3 is 0 Å². The molecule has 0 bridgehead atoms. The van der Waals surface area contributed by atoms with Crippen LogP contribution in [0.15, 0.2) is 24.3 Å². The summed E-state index contributed by atoms with van der Waals surface area (Å²) in [5, 5.41) is 0. The maximum atomic E-state index is 11.0. The van der Waals surface area contributed by atoms with Crippen molar-refractivity contribution < 1.29 is 13.2 Å². The molecule has 1 rings (SSSR count). The minimum atomic E-state index is -2.92. The highest BCUT2D eigenvalue weighted by Gasteiger charge is 2.03. The molecule has 0 amide bonds. The first-order valence-corrected chi connectivity index (χ1v) is 6.72. The Kier molecular flexibility index (Phi) is 3.63. The summed E-state index contributed by atoms with van der Waals surface area (Å²) < 4.78 is 21.9. The molecule has 0 spiro atoms. The van der Waals surface area contributed by atoms with Gasteiger partial charge in [0.1, 0.15) is 9.84 Å². The molecule has 0 radical (unpaired) electrons. The lowest BCUT2D eigenvalue weighted by Crippen LogP contribution is -2.05. The van der Waals surface area contributed by atoms with Crippen molar-refractivity contribution in [2.24, 2.45) is 0 Å². The van der Waals surface area contributed by atoms with Crippen LogP contribution < -0.4 is 0 Å². The minimum absolute atomic E-state index is 0.0182. The Labute approximate surface area is 90.0 Å². The summed E-state index contributed by atoms with van der Waals surface area (Å²) in [6.07, 6.45) is 1.72. The summed E-state index contributed by atoms with van der Waals surface area (Å²) in [5.74, 6) is 0.163. The Morgan fingerprint density at radius 2 is 1.73 bits per heavy atom. The zero-order chi connectivity index (χ0) is 11.5. The van der Waals surface area contributed by atoms with Crippen molar-refractivity contribution in [2.75, 3.05) is 12.0 Å². The van der Waals surface area contributed by atoms with Crippen LogP contribution in [0.5, 0.6) is 0 Å². The lowest BCUT2D eigenvalue weighted by molar-refractivity contribution is 0.101. The monoisotopic (exact) mass is 226 g/mol. The zero-order valence-electron chi connectivity index (χ0n) is 8.86. The molecule has 1 aromatic carbocycles.